The van der Waals surface area contributed by atoms with E-state index in [0.29, 0.717) is 5.69 Å². The number of carboxylic acids is 1. The number of hydrogen-bond acceptors (Lipinski definition) is 3. The largest absolute Gasteiger partial charge is 0.478 e. The van der Waals surface area contributed by atoms with Gasteiger partial charge in [0.2, 0.25) is 11.8 Å². The highest BCUT2D eigenvalue weighted by Gasteiger charge is 2.42. The molecule has 2 atom stereocenters. The highest BCUT2D eigenvalue weighted by molar-refractivity contribution is 6.21. The Morgan fingerprint density at radius 2 is 1.71 bits per heavy atom. The molecule has 122 valence electrons. The summed E-state index contributed by atoms with van der Waals surface area (Å²) in [5.74, 6) is -2.00. The predicted octanol–water partition coefficient (Wildman–Crippen LogP) is 3.07. The molecule has 1 heterocycles. The number of benzene rings is 2. The summed E-state index contributed by atoms with van der Waals surface area (Å²) in [6.07, 6.45) is 0.162. The second-order valence-electron chi connectivity index (χ2n) is 5.93. The standard InChI is InChI=1S/C19H17NO4/c1-12(13-5-3-2-4-6-13)16-11-17(21)20(18(16)22)15-9-7-14(8-10-15)19(23)24/h2-10,12,16H,11H2,1H3,(H,23,24)/t12-,16+/m0/s1. The van der Waals surface area contributed by atoms with Crippen LogP contribution in [0.2, 0.25) is 0 Å². The number of carbonyl (C=O) groups excluding carboxylic acids is 2. The zero-order valence-electron chi connectivity index (χ0n) is 13.2. The van der Waals surface area contributed by atoms with Gasteiger partial charge in [-0.05, 0) is 35.7 Å². The minimum atomic E-state index is -1.05. The summed E-state index contributed by atoms with van der Waals surface area (Å²) >= 11 is 0. The van der Waals surface area contributed by atoms with E-state index < -0.39 is 11.9 Å². The number of hydrogen-bond donors (Lipinski definition) is 1. The Kier molecular flexibility index (Phi) is 4.16. The highest BCUT2D eigenvalue weighted by atomic mass is 16.4. The Labute approximate surface area is 139 Å². The molecule has 0 spiro atoms. The van der Waals surface area contributed by atoms with Crippen molar-refractivity contribution in [2.75, 3.05) is 4.90 Å². The normalized spacial score (nSPS) is 18.7. The van der Waals surface area contributed by atoms with Crippen LogP contribution in [0.5, 0.6) is 0 Å². The minimum absolute atomic E-state index is 0.0639. The van der Waals surface area contributed by atoms with E-state index in [2.05, 4.69) is 0 Å². The molecule has 0 saturated carbocycles. The van der Waals surface area contributed by atoms with Gasteiger partial charge in [0.05, 0.1) is 17.2 Å². The van der Waals surface area contributed by atoms with Crippen LogP contribution in [0.3, 0.4) is 0 Å². The molecule has 5 heteroatoms. The van der Waals surface area contributed by atoms with Gasteiger partial charge in [0.25, 0.3) is 0 Å². The summed E-state index contributed by atoms with van der Waals surface area (Å²) in [6, 6.07) is 15.4. The third kappa shape index (κ3) is 2.80. The molecule has 1 aliphatic heterocycles. The maximum atomic E-state index is 12.7. The number of rotatable bonds is 4. The van der Waals surface area contributed by atoms with Crippen molar-refractivity contribution < 1.29 is 19.5 Å². The number of nitrogens with zero attached hydrogens (tertiary/aromatic N) is 1. The molecule has 0 aliphatic carbocycles. The average molecular weight is 323 g/mol. The fraction of sp³-hybridized carbons (Fsp3) is 0.211. The zero-order valence-corrected chi connectivity index (χ0v) is 13.2. The van der Waals surface area contributed by atoms with Gasteiger partial charge in [-0.3, -0.25) is 14.5 Å². The maximum Gasteiger partial charge on any atom is 0.335 e. The quantitative estimate of drug-likeness (QED) is 0.878. The van der Waals surface area contributed by atoms with E-state index in [0.717, 1.165) is 10.5 Å². The first-order chi connectivity index (χ1) is 11.5. The molecule has 2 amide bonds. The summed E-state index contributed by atoms with van der Waals surface area (Å²) in [5.41, 5.74) is 1.55. The van der Waals surface area contributed by atoms with Gasteiger partial charge in [-0.15, -0.1) is 0 Å². The molecule has 2 aromatic carbocycles. The summed E-state index contributed by atoms with van der Waals surface area (Å²) in [5, 5.41) is 8.94. The van der Waals surface area contributed by atoms with Crippen molar-refractivity contribution in [3.63, 3.8) is 0 Å². The predicted molar refractivity (Wildman–Crippen MR) is 88.9 cm³/mol. The molecule has 0 aromatic heterocycles. The summed E-state index contributed by atoms with van der Waals surface area (Å²) < 4.78 is 0. The lowest BCUT2D eigenvalue weighted by atomic mass is 9.86. The summed E-state index contributed by atoms with van der Waals surface area (Å²) in [7, 11) is 0. The second kappa shape index (κ2) is 6.28. The van der Waals surface area contributed by atoms with E-state index in [1.807, 2.05) is 37.3 Å². The molecular weight excluding hydrogens is 306 g/mol. The molecule has 0 bridgehead atoms. The van der Waals surface area contributed by atoms with Gasteiger partial charge in [0.1, 0.15) is 0 Å². The van der Waals surface area contributed by atoms with Crippen molar-refractivity contribution in [2.24, 2.45) is 5.92 Å². The van der Waals surface area contributed by atoms with Crippen molar-refractivity contribution in [1.82, 2.24) is 0 Å². The third-order valence-corrected chi connectivity index (χ3v) is 4.48. The molecule has 0 unspecified atom stereocenters. The van der Waals surface area contributed by atoms with Crippen molar-refractivity contribution in [3.05, 3.63) is 65.7 Å². The van der Waals surface area contributed by atoms with Crippen LogP contribution >= 0.6 is 0 Å². The molecule has 1 fully saturated rings. The fourth-order valence-corrected chi connectivity index (χ4v) is 3.06. The molecule has 1 aliphatic rings. The van der Waals surface area contributed by atoms with E-state index in [1.165, 1.54) is 24.3 Å². The monoisotopic (exact) mass is 323 g/mol. The number of amides is 2. The van der Waals surface area contributed by atoms with Crippen molar-refractivity contribution in [1.29, 1.82) is 0 Å². The van der Waals surface area contributed by atoms with E-state index in [-0.39, 0.29) is 29.7 Å². The topological polar surface area (TPSA) is 74.7 Å². The lowest BCUT2D eigenvalue weighted by molar-refractivity contribution is -0.122. The maximum absolute atomic E-state index is 12.7. The first-order valence-electron chi connectivity index (χ1n) is 7.74. The lowest BCUT2D eigenvalue weighted by Gasteiger charge is -2.19. The first-order valence-corrected chi connectivity index (χ1v) is 7.74. The molecule has 2 aromatic rings. The smallest absolute Gasteiger partial charge is 0.335 e. The van der Waals surface area contributed by atoms with E-state index >= 15 is 0 Å². The van der Waals surface area contributed by atoms with E-state index in [1.54, 1.807) is 0 Å². The minimum Gasteiger partial charge on any atom is -0.478 e. The van der Waals surface area contributed by atoms with Crippen LogP contribution in [0.1, 0.15) is 35.2 Å². The highest BCUT2D eigenvalue weighted by Crippen LogP contribution is 2.35. The van der Waals surface area contributed by atoms with E-state index in [9.17, 15) is 14.4 Å². The molecule has 0 radical (unpaired) electrons. The van der Waals surface area contributed by atoms with Gasteiger partial charge in [-0.25, -0.2) is 4.79 Å². The van der Waals surface area contributed by atoms with Gasteiger partial charge in [-0.2, -0.15) is 0 Å². The van der Waals surface area contributed by atoms with Crippen LogP contribution < -0.4 is 4.90 Å². The molecule has 1 saturated heterocycles. The van der Waals surface area contributed by atoms with Gasteiger partial charge < -0.3 is 5.11 Å². The van der Waals surface area contributed by atoms with Crippen LogP contribution in [0.25, 0.3) is 0 Å². The van der Waals surface area contributed by atoms with Gasteiger partial charge in [-0.1, -0.05) is 37.3 Å². The fourth-order valence-electron chi connectivity index (χ4n) is 3.06. The Hall–Kier alpha value is -2.95. The number of aromatic carboxylic acids is 1. The van der Waals surface area contributed by atoms with Gasteiger partial charge >= 0.3 is 5.97 Å². The van der Waals surface area contributed by atoms with Crippen LogP contribution in [-0.4, -0.2) is 22.9 Å². The Morgan fingerprint density at radius 3 is 2.29 bits per heavy atom. The molecule has 3 rings (SSSR count). The van der Waals surface area contributed by atoms with Gasteiger partial charge in [0, 0.05) is 6.42 Å². The molecule has 5 nitrogen and oxygen atoms in total. The number of carboxylic acid groups (broad SMARTS) is 1. The van der Waals surface area contributed by atoms with Crippen molar-refractivity contribution in [3.8, 4) is 0 Å². The van der Waals surface area contributed by atoms with Crippen molar-refractivity contribution in [2.45, 2.75) is 19.3 Å². The Morgan fingerprint density at radius 1 is 1.08 bits per heavy atom. The SMILES string of the molecule is C[C@@H](c1ccccc1)[C@H]1CC(=O)N(c2ccc(C(=O)O)cc2)C1=O. The van der Waals surface area contributed by atoms with Crippen LogP contribution in [0, 0.1) is 5.92 Å². The second-order valence-corrected chi connectivity index (χ2v) is 5.93. The molecular formula is C19H17NO4. The number of imide groups is 1. The number of carbonyl (C=O) groups is 3. The van der Waals surface area contributed by atoms with Crippen LogP contribution in [0.15, 0.2) is 54.6 Å². The van der Waals surface area contributed by atoms with Crippen molar-refractivity contribution >= 4 is 23.5 Å². The molecule has 1 N–H and O–H groups in total. The summed E-state index contributed by atoms with van der Waals surface area (Å²) in [6.45, 7) is 1.95. The lowest BCUT2D eigenvalue weighted by Crippen LogP contribution is -2.31. The molecule has 24 heavy (non-hydrogen) atoms. The average Bonchev–Trinajstić information content (AvgIpc) is 2.89. The van der Waals surface area contributed by atoms with Crippen LogP contribution in [0.4, 0.5) is 5.69 Å². The third-order valence-electron chi connectivity index (χ3n) is 4.48. The zero-order chi connectivity index (χ0) is 17.3. The summed E-state index contributed by atoms with van der Waals surface area (Å²) in [4.78, 5) is 37.2. The van der Waals surface area contributed by atoms with Crippen LogP contribution in [-0.2, 0) is 9.59 Å². The number of anilines is 1. The van der Waals surface area contributed by atoms with E-state index in [4.69, 9.17) is 5.11 Å². The Balaban J connectivity index is 1.85. The Bertz CT molecular complexity index is 783. The van der Waals surface area contributed by atoms with Gasteiger partial charge in [0.15, 0.2) is 0 Å². The first kappa shape index (κ1) is 15.9.